The van der Waals surface area contributed by atoms with Gasteiger partial charge in [-0.3, -0.25) is 9.97 Å². The Hall–Kier alpha value is -3.87. The maximum absolute atomic E-state index is 4.68. The second-order valence-corrected chi connectivity index (χ2v) is 6.19. The van der Waals surface area contributed by atoms with Crippen LogP contribution >= 0.6 is 0 Å². The summed E-state index contributed by atoms with van der Waals surface area (Å²) < 4.78 is 0. The van der Waals surface area contributed by atoms with Crippen molar-refractivity contribution in [3.63, 3.8) is 0 Å². The summed E-state index contributed by atoms with van der Waals surface area (Å²) in [6.07, 6.45) is 7.13. The topological polar surface area (TPSA) is 78.1 Å². The number of allylic oxidation sites excluding steroid dienone is 1. The zero-order chi connectivity index (χ0) is 19.3. The molecule has 0 spiro atoms. The van der Waals surface area contributed by atoms with E-state index in [4.69, 9.17) is 0 Å². The molecule has 0 aliphatic carbocycles. The number of aromatic nitrogens is 2. The average molecular weight is 369 g/mol. The monoisotopic (exact) mass is 369 g/mol. The standard InChI is InChI=1S/C21H19N7/c1-3-20(24-18-8-11-22-12-9-18)25-21-15(2)26-27-28(21)14-16-6-7-19-17(13-16)5-4-10-23-19/h3-13H,2,14H2,1H3,(H,22,24)/b20-3-,25-21+. The lowest BCUT2D eigenvalue weighted by atomic mass is 10.1. The number of aliphatic imine (C=N–C) groups is 1. The summed E-state index contributed by atoms with van der Waals surface area (Å²) in [6, 6.07) is 13.9. The van der Waals surface area contributed by atoms with Crippen LogP contribution in [-0.2, 0) is 6.54 Å². The van der Waals surface area contributed by atoms with Crippen molar-refractivity contribution in [2.45, 2.75) is 13.5 Å². The van der Waals surface area contributed by atoms with Gasteiger partial charge >= 0.3 is 0 Å². The van der Waals surface area contributed by atoms with E-state index in [1.165, 1.54) is 0 Å². The van der Waals surface area contributed by atoms with Gasteiger partial charge in [0, 0.05) is 29.7 Å². The highest BCUT2D eigenvalue weighted by molar-refractivity contribution is 5.99. The van der Waals surface area contributed by atoms with Gasteiger partial charge in [-0.2, -0.15) is 0 Å². The zero-order valence-corrected chi connectivity index (χ0v) is 15.4. The summed E-state index contributed by atoms with van der Waals surface area (Å²) >= 11 is 0. The Bertz CT molecular complexity index is 1100. The molecule has 0 bridgehead atoms. The summed E-state index contributed by atoms with van der Waals surface area (Å²) in [4.78, 5) is 13.1. The van der Waals surface area contributed by atoms with E-state index in [1.807, 2.05) is 49.4 Å². The van der Waals surface area contributed by atoms with Gasteiger partial charge < -0.3 is 5.32 Å². The molecule has 0 saturated heterocycles. The molecule has 3 heterocycles. The minimum Gasteiger partial charge on any atom is -0.340 e. The number of nitrogens with one attached hydrogen (secondary N) is 1. The van der Waals surface area contributed by atoms with Crippen LogP contribution in [-0.4, -0.2) is 20.8 Å². The van der Waals surface area contributed by atoms with Crippen molar-refractivity contribution in [2.75, 3.05) is 5.32 Å². The van der Waals surface area contributed by atoms with Crippen LogP contribution < -0.4 is 5.32 Å². The lowest BCUT2D eigenvalue weighted by molar-refractivity contribution is 0.433. The second-order valence-electron chi connectivity index (χ2n) is 6.19. The van der Waals surface area contributed by atoms with Crippen LogP contribution in [0, 0.1) is 0 Å². The third-order valence-corrected chi connectivity index (χ3v) is 4.23. The van der Waals surface area contributed by atoms with Gasteiger partial charge in [0.05, 0.1) is 12.1 Å². The number of fused-ring (bicyclic) bond motifs is 1. The van der Waals surface area contributed by atoms with E-state index < -0.39 is 0 Å². The molecule has 3 aromatic rings. The lowest BCUT2D eigenvalue weighted by Crippen LogP contribution is -2.22. The molecule has 4 rings (SSSR count). The van der Waals surface area contributed by atoms with Gasteiger partial charge in [-0.1, -0.05) is 23.9 Å². The minimum absolute atomic E-state index is 0.526. The Kier molecular flexibility index (Phi) is 4.88. The van der Waals surface area contributed by atoms with E-state index in [0.717, 1.165) is 22.2 Å². The van der Waals surface area contributed by atoms with Crippen molar-refractivity contribution in [1.82, 2.24) is 15.0 Å². The smallest absolute Gasteiger partial charge is 0.180 e. The van der Waals surface area contributed by atoms with Crippen molar-refractivity contribution in [1.29, 1.82) is 0 Å². The fourth-order valence-corrected chi connectivity index (χ4v) is 2.83. The molecule has 7 heteroatoms. The average Bonchev–Trinajstić information content (AvgIpc) is 3.07. The van der Waals surface area contributed by atoms with E-state index in [2.05, 4.69) is 43.3 Å². The Balaban J connectivity index is 1.56. The highest BCUT2D eigenvalue weighted by atomic mass is 15.6. The first-order valence-corrected chi connectivity index (χ1v) is 8.87. The molecular formula is C21H19N7. The molecule has 1 N–H and O–H groups in total. The first-order valence-electron chi connectivity index (χ1n) is 8.87. The van der Waals surface area contributed by atoms with Crippen molar-refractivity contribution < 1.29 is 0 Å². The maximum Gasteiger partial charge on any atom is 0.180 e. The number of hydrogen-bond donors (Lipinski definition) is 1. The first-order chi connectivity index (χ1) is 13.7. The fourth-order valence-electron chi connectivity index (χ4n) is 2.83. The fraction of sp³-hybridized carbons (Fsp3) is 0.0952. The zero-order valence-electron chi connectivity index (χ0n) is 15.4. The molecule has 28 heavy (non-hydrogen) atoms. The number of rotatable bonds is 5. The number of pyridine rings is 2. The molecule has 2 aromatic heterocycles. The van der Waals surface area contributed by atoms with Gasteiger partial charge in [0.2, 0.25) is 0 Å². The van der Waals surface area contributed by atoms with E-state index in [0.29, 0.717) is 23.9 Å². The Morgan fingerprint density at radius 2 is 2.04 bits per heavy atom. The van der Waals surface area contributed by atoms with Gasteiger partial charge in [0.1, 0.15) is 11.5 Å². The second kappa shape index (κ2) is 7.79. The van der Waals surface area contributed by atoms with Crippen LogP contribution in [0.15, 0.2) is 101 Å². The van der Waals surface area contributed by atoms with Crippen molar-refractivity contribution >= 4 is 22.4 Å². The minimum atomic E-state index is 0.526. The van der Waals surface area contributed by atoms with Gasteiger partial charge in [-0.25, -0.2) is 10.0 Å². The summed E-state index contributed by atoms with van der Waals surface area (Å²) in [6.45, 7) is 6.42. The largest absolute Gasteiger partial charge is 0.340 e. The SMILES string of the molecule is C=C1N=NN(Cc2ccc3ncccc3c2)/C1=N/C(=C\C)Nc1ccncc1. The molecule has 138 valence electrons. The quantitative estimate of drug-likeness (QED) is 0.707. The predicted octanol–water partition coefficient (Wildman–Crippen LogP) is 4.70. The normalized spacial score (nSPS) is 15.6. The van der Waals surface area contributed by atoms with Gasteiger partial charge in [-0.15, -0.1) is 5.11 Å². The molecular weight excluding hydrogens is 350 g/mol. The molecule has 7 nitrogen and oxygen atoms in total. The summed E-state index contributed by atoms with van der Waals surface area (Å²) in [7, 11) is 0. The maximum atomic E-state index is 4.68. The summed E-state index contributed by atoms with van der Waals surface area (Å²) in [5.41, 5.74) is 3.48. The first kappa shape index (κ1) is 17.5. The van der Waals surface area contributed by atoms with E-state index in [9.17, 15) is 0 Å². The Labute approximate surface area is 162 Å². The van der Waals surface area contributed by atoms with Crippen LogP contribution in [0.2, 0.25) is 0 Å². The van der Waals surface area contributed by atoms with Crippen LogP contribution in [0.3, 0.4) is 0 Å². The summed E-state index contributed by atoms with van der Waals surface area (Å²) in [5.74, 6) is 1.29. The number of nitrogens with zero attached hydrogens (tertiary/aromatic N) is 6. The highest BCUT2D eigenvalue weighted by Crippen LogP contribution is 2.22. The van der Waals surface area contributed by atoms with Gasteiger partial charge in [-0.05, 0) is 48.9 Å². The predicted molar refractivity (Wildman–Crippen MR) is 110 cm³/mol. The van der Waals surface area contributed by atoms with Gasteiger partial charge in [0.15, 0.2) is 5.84 Å². The Morgan fingerprint density at radius 3 is 2.86 bits per heavy atom. The molecule has 1 aliphatic rings. The van der Waals surface area contributed by atoms with Crippen molar-refractivity contribution in [3.8, 4) is 0 Å². The van der Waals surface area contributed by atoms with Crippen molar-refractivity contribution in [2.24, 2.45) is 15.3 Å². The van der Waals surface area contributed by atoms with Crippen LogP contribution in [0.4, 0.5) is 5.69 Å². The van der Waals surface area contributed by atoms with Crippen molar-refractivity contribution in [3.05, 3.63) is 90.8 Å². The lowest BCUT2D eigenvalue weighted by Gasteiger charge is -2.15. The molecule has 0 atom stereocenters. The molecule has 0 unspecified atom stereocenters. The molecule has 0 amide bonds. The third kappa shape index (κ3) is 3.78. The van der Waals surface area contributed by atoms with E-state index >= 15 is 0 Å². The van der Waals surface area contributed by atoms with Gasteiger partial charge in [0.25, 0.3) is 0 Å². The molecule has 1 aliphatic heterocycles. The third-order valence-electron chi connectivity index (χ3n) is 4.23. The van der Waals surface area contributed by atoms with Crippen LogP contribution in [0.25, 0.3) is 10.9 Å². The molecule has 0 radical (unpaired) electrons. The number of amidine groups is 1. The number of hydrogen-bond acceptors (Lipinski definition) is 6. The Morgan fingerprint density at radius 1 is 1.18 bits per heavy atom. The number of benzene rings is 1. The molecule has 0 fully saturated rings. The van der Waals surface area contributed by atoms with E-state index in [1.54, 1.807) is 23.6 Å². The van der Waals surface area contributed by atoms with Crippen LogP contribution in [0.5, 0.6) is 0 Å². The number of anilines is 1. The molecule has 0 saturated carbocycles. The van der Waals surface area contributed by atoms with E-state index in [-0.39, 0.29) is 0 Å². The molecule has 1 aromatic carbocycles. The van der Waals surface area contributed by atoms with Crippen LogP contribution in [0.1, 0.15) is 12.5 Å². The summed E-state index contributed by atoms with van der Waals surface area (Å²) in [5, 5.41) is 14.4. The highest BCUT2D eigenvalue weighted by Gasteiger charge is 2.21.